The van der Waals surface area contributed by atoms with Gasteiger partial charge in [-0.1, -0.05) is 19.6 Å². The highest BCUT2D eigenvalue weighted by Crippen LogP contribution is 2.22. The summed E-state index contributed by atoms with van der Waals surface area (Å²) in [5, 5.41) is 9.32. The van der Waals surface area contributed by atoms with Gasteiger partial charge >= 0.3 is 0 Å². The lowest BCUT2D eigenvalue weighted by Crippen LogP contribution is -2.14. The summed E-state index contributed by atoms with van der Waals surface area (Å²) in [7, 11) is 0. The number of aliphatic hydroxyl groups excluding tert-OH is 1. The molecule has 0 spiro atoms. The smallest absolute Gasteiger partial charge is 0.187 e. The maximum Gasteiger partial charge on any atom is 0.187 e. The Labute approximate surface area is 66.2 Å². The van der Waals surface area contributed by atoms with E-state index in [0.29, 0.717) is 24.0 Å². The molecule has 0 saturated heterocycles. The summed E-state index contributed by atoms with van der Waals surface area (Å²) in [6.07, 6.45) is 2.36. The molecule has 60 valence electrons. The number of rotatable bonds is 2. The maximum atomic E-state index is 11.2. The van der Waals surface area contributed by atoms with Crippen molar-refractivity contribution in [3.05, 3.63) is 23.8 Å². The zero-order valence-electron chi connectivity index (χ0n) is 6.63. The average Bonchev–Trinajstić information content (AvgIpc) is 2.32. The minimum Gasteiger partial charge on any atom is -0.388 e. The van der Waals surface area contributed by atoms with Gasteiger partial charge in [-0.25, -0.2) is 0 Å². The number of carbonyl (C=O) groups excluding carboxylic acids is 1. The first-order chi connectivity index (χ1) is 5.16. The van der Waals surface area contributed by atoms with E-state index < -0.39 is 6.10 Å². The van der Waals surface area contributed by atoms with E-state index in [1.165, 1.54) is 0 Å². The van der Waals surface area contributed by atoms with Crippen LogP contribution in [0.1, 0.15) is 19.8 Å². The van der Waals surface area contributed by atoms with Gasteiger partial charge in [0.15, 0.2) is 5.78 Å². The predicted molar refractivity (Wildman–Crippen MR) is 43.1 cm³/mol. The van der Waals surface area contributed by atoms with Crippen molar-refractivity contribution >= 4 is 5.78 Å². The first-order valence-electron chi connectivity index (χ1n) is 3.77. The SMILES string of the molecule is C=C1CC=C(C(O)CC)C1=O. The summed E-state index contributed by atoms with van der Waals surface area (Å²) in [4.78, 5) is 11.2. The molecule has 1 aliphatic carbocycles. The molecule has 2 nitrogen and oxygen atoms in total. The Morgan fingerprint density at radius 1 is 1.82 bits per heavy atom. The Bertz CT molecular complexity index is 226. The van der Waals surface area contributed by atoms with Crippen molar-refractivity contribution < 1.29 is 9.90 Å². The number of aliphatic hydroxyl groups is 1. The molecule has 2 heteroatoms. The van der Waals surface area contributed by atoms with E-state index in [2.05, 4.69) is 6.58 Å². The van der Waals surface area contributed by atoms with Crippen LogP contribution < -0.4 is 0 Å². The zero-order chi connectivity index (χ0) is 8.43. The molecule has 0 saturated carbocycles. The van der Waals surface area contributed by atoms with E-state index >= 15 is 0 Å². The molecule has 1 unspecified atom stereocenters. The molecule has 1 aliphatic rings. The highest BCUT2D eigenvalue weighted by atomic mass is 16.3. The Balaban J connectivity index is 2.75. The van der Waals surface area contributed by atoms with E-state index in [0.717, 1.165) is 0 Å². The second kappa shape index (κ2) is 3.01. The molecule has 0 aromatic carbocycles. The quantitative estimate of drug-likeness (QED) is 0.604. The molecule has 0 fully saturated rings. The lowest BCUT2D eigenvalue weighted by Gasteiger charge is -2.06. The minimum absolute atomic E-state index is 0.0700. The first kappa shape index (κ1) is 8.21. The van der Waals surface area contributed by atoms with E-state index in [4.69, 9.17) is 0 Å². The molecule has 1 N–H and O–H groups in total. The summed E-state index contributed by atoms with van der Waals surface area (Å²) in [6, 6.07) is 0. The fourth-order valence-electron chi connectivity index (χ4n) is 1.13. The van der Waals surface area contributed by atoms with Crippen LogP contribution in [0.3, 0.4) is 0 Å². The Kier molecular flexibility index (Phi) is 2.25. The molecule has 1 rings (SSSR count). The minimum atomic E-state index is -0.596. The molecular formula is C9H12O2. The van der Waals surface area contributed by atoms with Crippen LogP contribution in [0.15, 0.2) is 23.8 Å². The van der Waals surface area contributed by atoms with Crippen molar-refractivity contribution in [2.45, 2.75) is 25.9 Å². The second-order valence-corrected chi connectivity index (χ2v) is 2.72. The van der Waals surface area contributed by atoms with E-state index in [1.54, 1.807) is 6.08 Å². The van der Waals surface area contributed by atoms with Crippen LogP contribution >= 0.6 is 0 Å². The molecular weight excluding hydrogens is 140 g/mol. The summed E-state index contributed by atoms with van der Waals surface area (Å²) < 4.78 is 0. The molecule has 11 heavy (non-hydrogen) atoms. The van der Waals surface area contributed by atoms with Crippen LogP contribution in [0.25, 0.3) is 0 Å². The van der Waals surface area contributed by atoms with Gasteiger partial charge in [-0.3, -0.25) is 4.79 Å². The standard InChI is InChI=1S/C9H12O2/c1-3-8(10)7-5-4-6(2)9(7)11/h5,8,10H,2-4H2,1H3. The number of ketones is 1. The second-order valence-electron chi connectivity index (χ2n) is 2.72. The Hall–Kier alpha value is -0.890. The van der Waals surface area contributed by atoms with Crippen LogP contribution in [-0.2, 0) is 4.79 Å². The van der Waals surface area contributed by atoms with Crippen molar-refractivity contribution in [3.63, 3.8) is 0 Å². The van der Waals surface area contributed by atoms with Gasteiger partial charge in [0.05, 0.1) is 6.10 Å². The molecule has 0 heterocycles. The molecule has 0 aromatic rings. The van der Waals surface area contributed by atoms with Crippen molar-refractivity contribution in [1.29, 1.82) is 0 Å². The van der Waals surface area contributed by atoms with Crippen molar-refractivity contribution in [1.82, 2.24) is 0 Å². The molecule has 0 aromatic heterocycles. The monoisotopic (exact) mass is 152 g/mol. The van der Waals surface area contributed by atoms with Crippen LogP contribution in [0.4, 0.5) is 0 Å². The maximum absolute atomic E-state index is 11.2. The van der Waals surface area contributed by atoms with Crippen molar-refractivity contribution in [3.8, 4) is 0 Å². The lowest BCUT2D eigenvalue weighted by atomic mass is 10.1. The van der Waals surface area contributed by atoms with Gasteiger partial charge in [0.2, 0.25) is 0 Å². The fourth-order valence-corrected chi connectivity index (χ4v) is 1.13. The number of allylic oxidation sites excluding steroid dienone is 2. The molecule has 0 radical (unpaired) electrons. The molecule has 0 aliphatic heterocycles. The number of hydrogen-bond acceptors (Lipinski definition) is 2. The van der Waals surface area contributed by atoms with Gasteiger partial charge in [0.1, 0.15) is 0 Å². The molecule has 1 atom stereocenters. The number of hydrogen-bond donors (Lipinski definition) is 1. The van der Waals surface area contributed by atoms with E-state index in [9.17, 15) is 9.90 Å². The zero-order valence-corrected chi connectivity index (χ0v) is 6.63. The third-order valence-corrected chi connectivity index (χ3v) is 1.90. The van der Waals surface area contributed by atoms with Crippen LogP contribution in [0.2, 0.25) is 0 Å². The molecule has 0 bridgehead atoms. The van der Waals surface area contributed by atoms with Crippen molar-refractivity contribution in [2.24, 2.45) is 0 Å². The topological polar surface area (TPSA) is 37.3 Å². The average molecular weight is 152 g/mol. The number of Topliss-reactive ketones (excluding diaryl/α,β-unsaturated/α-hetero) is 1. The van der Waals surface area contributed by atoms with Gasteiger partial charge in [0, 0.05) is 5.57 Å². The van der Waals surface area contributed by atoms with Gasteiger partial charge in [-0.05, 0) is 18.4 Å². The predicted octanol–water partition coefficient (Wildman–Crippen LogP) is 1.21. The van der Waals surface area contributed by atoms with E-state index in [-0.39, 0.29) is 5.78 Å². The van der Waals surface area contributed by atoms with Gasteiger partial charge < -0.3 is 5.11 Å². The van der Waals surface area contributed by atoms with Gasteiger partial charge in [-0.15, -0.1) is 0 Å². The summed E-state index contributed by atoms with van der Waals surface area (Å²) >= 11 is 0. The van der Waals surface area contributed by atoms with Gasteiger partial charge in [0.25, 0.3) is 0 Å². The fraction of sp³-hybridized carbons (Fsp3) is 0.444. The summed E-state index contributed by atoms with van der Waals surface area (Å²) in [5.74, 6) is -0.0700. The Morgan fingerprint density at radius 3 is 2.82 bits per heavy atom. The lowest BCUT2D eigenvalue weighted by molar-refractivity contribution is -0.112. The molecule has 0 amide bonds. The van der Waals surface area contributed by atoms with Crippen molar-refractivity contribution in [2.75, 3.05) is 0 Å². The van der Waals surface area contributed by atoms with Crippen LogP contribution in [0, 0.1) is 0 Å². The van der Waals surface area contributed by atoms with Crippen LogP contribution in [-0.4, -0.2) is 17.0 Å². The summed E-state index contributed by atoms with van der Waals surface area (Å²) in [6.45, 7) is 5.44. The number of carbonyl (C=O) groups is 1. The normalized spacial score (nSPS) is 20.4. The van der Waals surface area contributed by atoms with E-state index in [1.807, 2.05) is 6.92 Å². The third kappa shape index (κ3) is 1.40. The largest absolute Gasteiger partial charge is 0.388 e. The third-order valence-electron chi connectivity index (χ3n) is 1.90. The van der Waals surface area contributed by atoms with Gasteiger partial charge in [-0.2, -0.15) is 0 Å². The summed E-state index contributed by atoms with van der Waals surface area (Å²) in [5.41, 5.74) is 1.12. The first-order valence-corrected chi connectivity index (χ1v) is 3.77. The highest BCUT2D eigenvalue weighted by molar-refractivity contribution is 6.11. The Morgan fingerprint density at radius 2 is 2.45 bits per heavy atom. The highest BCUT2D eigenvalue weighted by Gasteiger charge is 2.23. The van der Waals surface area contributed by atoms with Crippen LogP contribution in [0.5, 0.6) is 0 Å².